The van der Waals surface area contributed by atoms with Crippen LogP contribution in [-0.2, 0) is 15.7 Å². The summed E-state index contributed by atoms with van der Waals surface area (Å²) in [4.78, 5) is 11.3. The number of carbonyl (C=O) groups is 1. The van der Waals surface area contributed by atoms with Crippen molar-refractivity contribution in [3.8, 4) is 0 Å². The molecule has 0 radical (unpaired) electrons. The van der Waals surface area contributed by atoms with Crippen molar-refractivity contribution >= 4 is 5.97 Å². The van der Waals surface area contributed by atoms with E-state index in [-0.39, 0.29) is 6.61 Å². The molecule has 0 aromatic heterocycles. The van der Waals surface area contributed by atoms with Gasteiger partial charge in [-0.15, -0.1) is 0 Å². The van der Waals surface area contributed by atoms with Gasteiger partial charge in [0, 0.05) is 5.56 Å². The molecule has 1 rings (SSSR count). The quantitative estimate of drug-likeness (QED) is 0.674. The molecule has 3 nitrogen and oxygen atoms in total. The Morgan fingerprint density at radius 3 is 2.56 bits per heavy atom. The molecule has 2 N–H and O–H groups in total. The summed E-state index contributed by atoms with van der Waals surface area (Å²) in [6.07, 6.45) is -4.84. The van der Waals surface area contributed by atoms with E-state index >= 15 is 0 Å². The van der Waals surface area contributed by atoms with Gasteiger partial charge in [0.25, 0.3) is 0 Å². The van der Waals surface area contributed by atoms with Crippen molar-refractivity contribution in [1.82, 2.24) is 0 Å². The van der Waals surface area contributed by atoms with E-state index in [9.17, 15) is 22.4 Å². The lowest BCUT2D eigenvalue weighted by atomic mass is 10.0. The number of benzene rings is 1. The highest BCUT2D eigenvalue weighted by Crippen LogP contribution is 2.33. The van der Waals surface area contributed by atoms with Crippen LogP contribution in [0.15, 0.2) is 18.2 Å². The fourth-order valence-electron chi connectivity index (χ4n) is 1.37. The molecule has 1 atom stereocenters. The van der Waals surface area contributed by atoms with E-state index in [4.69, 9.17) is 5.73 Å². The number of rotatable bonds is 3. The maximum atomic E-state index is 13.6. The van der Waals surface area contributed by atoms with E-state index in [1.54, 1.807) is 0 Å². The Morgan fingerprint density at radius 1 is 1.44 bits per heavy atom. The molecule has 0 aliphatic carbocycles. The Morgan fingerprint density at radius 2 is 2.06 bits per heavy atom. The zero-order chi connectivity index (χ0) is 13.9. The highest BCUT2D eigenvalue weighted by atomic mass is 19.4. The molecule has 1 unspecified atom stereocenters. The Bertz CT molecular complexity index is 445. The molecular weight excluding hydrogens is 254 g/mol. The van der Waals surface area contributed by atoms with E-state index in [2.05, 4.69) is 4.74 Å². The van der Waals surface area contributed by atoms with Gasteiger partial charge in [0.1, 0.15) is 11.9 Å². The molecule has 1 aromatic carbocycles. The average Bonchev–Trinajstić information content (AvgIpc) is 2.27. The maximum Gasteiger partial charge on any atom is 0.419 e. The minimum absolute atomic E-state index is 0.00706. The lowest BCUT2D eigenvalue weighted by Crippen LogP contribution is -2.25. The molecule has 0 aliphatic rings. The predicted octanol–water partition coefficient (Wildman–Crippen LogP) is 2.41. The third-order valence-electron chi connectivity index (χ3n) is 2.21. The number of halogens is 4. The lowest BCUT2D eigenvalue weighted by molar-refractivity contribution is -0.145. The second-order valence-corrected chi connectivity index (χ2v) is 3.44. The fraction of sp³-hybridized carbons (Fsp3) is 0.364. The monoisotopic (exact) mass is 265 g/mol. The molecule has 0 bridgehead atoms. The van der Waals surface area contributed by atoms with Crippen LogP contribution in [0.2, 0.25) is 0 Å². The SMILES string of the molecule is CCOC(=O)C(N)c1cccc(C(F)(F)F)c1F. The molecule has 0 amide bonds. The zero-order valence-electron chi connectivity index (χ0n) is 9.42. The van der Waals surface area contributed by atoms with Crippen LogP contribution in [0.1, 0.15) is 24.1 Å². The van der Waals surface area contributed by atoms with Gasteiger partial charge < -0.3 is 10.5 Å². The molecule has 0 aliphatic heterocycles. The third kappa shape index (κ3) is 2.98. The van der Waals surface area contributed by atoms with Crippen molar-refractivity contribution in [3.63, 3.8) is 0 Å². The molecule has 0 saturated carbocycles. The average molecular weight is 265 g/mol. The predicted molar refractivity (Wildman–Crippen MR) is 55.0 cm³/mol. The first-order chi connectivity index (χ1) is 8.29. The largest absolute Gasteiger partial charge is 0.465 e. The molecule has 1 aromatic rings. The first kappa shape index (κ1) is 14.4. The summed E-state index contributed by atoms with van der Waals surface area (Å²) in [7, 11) is 0. The van der Waals surface area contributed by atoms with Crippen LogP contribution in [0, 0.1) is 5.82 Å². The number of alkyl halides is 3. The highest BCUT2D eigenvalue weighted by Gasteiger charge is 2.36. The Balaban J connectivity index is 3.15. The van der Waals surface area contributed by atoms with Crippen LogP contribution in [0.3, 0.4) is 0 Å². The minimum atomic E-state index is -4.84. The maximum absolute atomic E-state index is 13.6. The Hall–Kier alpha value is -1.63. The number of carbonyl (C=O) groups excluding carboxylic acids is 1. The number of esters is 1. The van der Waals surface area contributed by atoms with E-state index < -0.39 is 35.1 Å². The van der Waals surface area contributed by atoms with Crippen molar-refractivity contribution in [2.75, 3.05) is 6.61 Å². The van der Waals surface area contributed by atoms with E-state index in [0.29, 0.717) is 6.07 Å². The second-order valence-electron chi connectivity index (χ2n) is 3.44. The molecule has 100 valence electrons. The van der Waals surface area contributed by atoms with Gasteiger partial charge in [-0.25, -0.2) is 9.18 Å². The van der Waals surface area contributed by atoms with Gasteiger partial charge in [0.05, 0.1) is 12.2 Å². The summed E-state index contributed by atoms with van der Waals surface area (Å²) in [6, 6.07) is 1.01. The number of hydrogen-bond acceptors (Lipinski definition) is 3. The van der Waals surface area contributed by atoms with Crippen LogP contribution in [-0.4, -0.2) is 12.6 Å². The summed E-state index contributed by atoms with van der Waals surface area (Å²) >= 11 is 0. The molecule has 0 saturated heterocycles. The molecular formula is C11H11F4NO2. The summed E-state index contributed by atoms with van der Waals surface area (Å²) in [5.74, 6) is -2.53. The summed E-state index contributed by atoms with van der Waals surface area (Å²) in [5, 5.41) is 0. The zero-order valence-corrected chi connectivity index (χ0v) is 9.42. The minimum Gasteiger partial charge on any atom is -0.465 e. The van der Waals surface area contributed by atoms with Gasteiger partial charge in [0.2, 0.25) is 0 Å². The van der Waals surface area contributed by atoms with Crippen LogP contribution in [0.4, 0.5) is 17.6 Å². The van der Waals surface area contributed by atoms with Gasteiger partial charge in [0.15, 0.2) is 0 Å². The van der Waals surface area contributed by atoms with Gasteiger partial charge in [-0.3, -0.25) is 0 Å². The smallest absolute Gasteiger partial charge is 0.419 e. The van der Waals surface area contributed by atoms with E-state index in [1.807, 2.05) is 0 Å². The number of ether oxygens (including phenoxy) is 1. The van der Waals surface area contributed by atoms with Crippen LogP contribution < -0.4 is 5.73 Å². The standard InChI is InChI=1S/C11H11F4NO2/c1-2-18-10(17)9(16)6-4-3-5-7(8(6)12)11(13,14)15/h3-5,9H,2,16H2,1H3. The number of nitrogens with two attached hydrogens (primary N) is 1. The van der Waals surface area contributed by atoms with Crippen molar-refractivity contribution < 1.29 is 27.1 Å². The summed E-state index contributed by atoms with van der Waals surface area (Å²) in [5.41, 5.74) is 3.36. The molecule has 18 heavy (non-hydrogen) atoms. The van der Waals surface area contributed by atoms with Crippen molar-refractivity contribution in [2.24, 2.45) is 5.73 Å². The first-order valence-corrected chi connectivity index (χ1v) is 5.06. The van der Waals surface area contributed by atoms with Crippen molar-refractivity contribution in [2.45, 2.75) is 19.1 Å². The molecule has 7 heteroatoms. The van der Waals surface area contributed by atoms with E-state index in [1.165, 1.54) is 6.92 Å². The van der Waals surface area contributed by atoms with Crippen molar-refractivity contribution in [3.05, 3.63) is 35.1 Å². The first-order valence-electron chi connectivity index (χ1n) is 5.06. The third-order valence-corrected chi connectivity index (χ3v) is 2.21. The lowest BCUT2D eigenvalue weighted by Gasteiger charge is -2.15. The van der Waals surface area contributed by atoms with Gasteiger partial charge in [-0.1, -0.05) is 12.1 Å². The molecule has 0 spiro atoms. The van der Waals surface area contributed by atoms with E-state index in [0.717, 1.165) is 12.1 Å². The molecule has 0 heterocycles. The Kier molecular flexibility index (Phi) is 4.28. The van der Waals surface area contributed by atoms with Crippen LogP contribution in [0.25, 0.3) is 0 Å². The highest BCUT2D eigenvalue weighted by molar-refractivity contribution is 5.77. The number of hydrogen-bond donors (Lipinski definition) is 1. The Labute approximate surface area is 101 Å². The summed E-state index contributed by atoms with van der Waals surface area (Å²) in [6.45, 7) is 1.51. The van der Waals surface area contributed by atoms with Gasteiger partial charge in [-0.05, 0) is 13.0 Å². The second kappa shape index (κ2) is 5.34. The normalized spacial score (nSPS) is 13.2. The fourth-order valence-corrected chi connectivity index (χ4v) is 1.37. The van der Waals surface area contributed by atoms with Crippen LogP contribution in [0.5, 0.6) is 0 Å². The topological polar surface area (TPSA) is 52.3 Å². The summed E-state index contributed by atoms with van der Waals surface area (Å²) < 4.78 is 55.5. The van der Waals surface area contributed by atoms with Gasteiger partial charge in [-0.2, -0.15) is 13.2 Å². The van der Waals surface area contributed by atoms with Crippen molar-refractivity contribution in [1.29, 1.82) is 0 Å². The van der Waals surface area contributed by atoms with Crippen LogP contribution >= 0.6 is 0 Å². The molecule has 0 fully saturated rings. The van der Waals surface area contributed by atoms with Gasteiger partial charge >= 0.3 is 12.1 Å².